The van der Waals surface area contributed by atoms with Crippen molar-refractivity contribution in [3.63, 3.8) is 0 Å². The number of nitrogens with zero attached hydrogens (tertiary/aromatic N) is 2. The normalized spacial score (nSPS) is 10.8. The topological polar surface area (TPSA) is 49.6 Å². The number of benzene rings is 1. The fraction of sp³-hybridized carbons (Fsp3) is 0.500. The van der Waals surface area contributed by atoms with Crippen molar-refractivity contribution in [3.05, 3.63) is 28.2 Å². The zero-order valence-corrected chi connectivity index (χ0v) is 13.4. The number of likely N-dealkylation sites (N-methyl/N-ethyl adjacent to an activating group) is 1. The van der Waals surface area contributed by atoms with Crippen molar-refractivity contribution >= 4 is 27.5 Å². The number of hydrogen-bond donors (Lipinski definition) is 1. The van der Waals surface area contributed by atoms with Gasteiger partial charge in [0.25, 0.3) is 0 Å². The molecule has 4 nitrogen and oxygen atoms in total. The summed E-state index contributed by atoms with van der Waals surface area (Å²) in [5.41, 5.74) is 7.72. The van der Waals surface area contributed by atoms with Crippen molar-refractivity contribution in [2.75, 3.05) is 32.9 Å². The van der Waals surface area contributed by atoms with Gasteiger partial charge in [0.2, 0.25) is 5.91 Å². The van der Waals surface area contributed by atoms with Crippen LogP contribution in [-0.4, -0.2) is 42.9 Å². The Balaban J connectivity index is 2.78. The van der Waals surface area contributed by atoms with Crippen molar-refractivity contribution < 1.29 is 4.79 Å². The van der Waals surface area contributed by atoms with Crippen LogP contribution in [0, 0.1) is 0 Å². The van der Waals surface area contributed by atoms with Gasteiger partial charge in [-0.05, 0) is 40.5 Å². The molecule has 0 bridgehead atoms. The minimum absolute atomic E-state index is 0.119. The fourth-order valence-corrected chi connectivity index (χ4v) is 2.22. The van der Waals surface area contributed by atoms with Crippen LogP contribution < -0.4 is 5.73 Å². The van der Waals surface area contributed by atoms with Crippen LogP contribution in [0.15, 0.2) is 22.7 Å². The third kappa shape index (κ3) is 4.84. The molecule has 0 fully saturated rings. The SMILES string of the molecule is CCCN(CC(=O)N(C)C)Cc1cccc(N)c1Br. The van der Waals surface area contributed by atoms with Crippen LogP contribution in [0.5, 0.6) is 0 Å². The quantitative estimate of drug-likeness (QED) is 0.816. The Hall–Kier alpha value is -1.07. The molecule has 0 aromatic heterocycles. The Kier molecular flexibility index (Phi) is 6.31. The van der Waals surface area contributed by atoms with Crippen LogP contribution in [0.2, 0.25) is 0 Å². The predicted octanol–water partition coefficient (Wildman–Crippen LogP) is 2.33. The Bertz CT molecular complexity index is 435. The van der Waals surface area contributed by atoms with E-state index in [4.69, 9.17) is 5.73 Å². The lowest BCUT2D eigenvalue weighted by molar-refractivity contribution is -0.130. The van der Waals surface area contributed by atoms with Gasteiger partial charge in [-0.25, -0.2) is 0 Å². The highest BCUT2D eigenvalue weighted by Gasteiger charge is 2.14. The van der Waals surface area contributed by atoms with Crippen molar-refractivity contribution in [1.82, 2.24) is 9.80 Å². The minimum Gasteiger partial charge on any atom is -0.398 e. The number of carbonyl (C=O) groups excluding carboxylic acids is 1. The molecular weight excluding hydrogens is 306 g/mol. The molecule has 0 radical (unpaired) electrons. The molecule has 0 aliphatic heterocycles. The second-order valence-corrected chi connectivity index (χ2v) is 5.61. The summed E-state index contributed by atoms with van der Waals surface area (Å²) in [7, 11) is 3.56. The maximum Gasteiger partial charge on any atom is 0.236 e. The first-order valence-corrected chi connectivity index (χ1v) is 7.20. The maximum atomic E-state index is 11.8. The van der Waals surface area contributed by atoms with Gasteiger partial charge in [0.1, 0.15) is 0 Å². The lowest BCUT2D eigenvalue weighted by Crippen LogP contribution is -2.36. The number of nitrogen functional groups attached to an aromatic ring is 1. The Labute approximate surface area is 123 Å². The first-order chi connectivity index (χ1) is 8.95. The molecule has 0 unspecified atom stereocenters. The van der Waals surface area contributed by atoms with E-state index < -0.39 is 0 Å². The van der Waals surface area contributed by atoms with Crippen LogP contribution in [0.25, 0.3) is 0 Å². The van der Waals surface area contributed by atoms with Crippen molar-refractivity contribution in [2.24, 2.45) is 0 Å². The molecule has 0 saturated heterocycles. The average molecular weight is 328 g/mol. The van der Waals surface area contributed by atoms with Crippen LogP contribution in [-0.2, 0) is 11.3 Å². The summed E-state index contributed by atoms with van der Waals surface area (Å²) in [6, 6.07) is 5.83. The van der Waals surface area contributed by atoms with Gasteiger partial charge in [-0.3, -0.25) is 9.69 Å². The highest BCUT2D eigenvalue weighted by atomic mass is 79.9. The van der Waals surface area contributed by atoms with Crippen molar-refractivity contribution in [3.8, 4) is 0 Å². The third-order valence-electron chi connectivity index (χ3n) is 2.90. The molecule has 1 amide bonds. The molecule has 0 aliphatic rings. The number of carbonyl (C=O) groups is 1. The lowest BCUT2D eigenvalue weighted by Gasteiger charge is -2.23. The van der Waals surface area contributed by atoms with E-state index in [9.17, 15) is 4.79 Å². The van der Waals surface area contributed by atoms with E-state index in [0.717, 1.165) is 35.2 Å². The Morgan fingerprint density at radius 3 is 2.63 bits per heavy atom. The van der Waals surface area contributed by atoms with Crippen LogP contribution in [0.4, 0.5) is 5.69 Å². The van der Waals surface area contributed by atoms with Gasteiger partial charge in [0.15, 0.2) is 0 Å². The summed E-state index contributed by atoms with van der Waals surface area (Å²) in [6.45, 7) is 4.16. The summed E-state index contributed by atoms with van der Waals surface area (Å²) < 4.78 is 0.924. The van der Waals surface area contributed by atoms with E-state index in [1.807, 2.05) is 18.2 Å². The number of rotatable bonds is 6. The summed E-state index contributed by atoms with van der Waals surface area (Å²) >= 11 is 3.51. The van der Waals surface area contributed by atoms with Gasteiger partial charge >= 0.3 is 0 Å². The standard InChI is InChI=1S/C14H22BrN3O/c1-4-8-18(10-13(19)17(2)3)9-11-6-5-7-12(16)14(11)15/h5-7H,4,8-10,16H2,1-3H3. The molecule has 0 saturated carbocycles. The van der Waals surface area contributed by atoms with Crippen molar-refractivity contribution in [2.45, 2.75) is 19.9 Å². The molecule has 0 aliphatic carbocycles. The second kappa shape index (κ2) is 7.50. The summed E-state index contributed by atoms with van der Waals surface area (Å²) in [4.78, 5) is 15.6. The predicted molar refractivity (Wildman–Crippen MR) is 82.8 cm³/mol. The molecule has 1 rings (SSSR count). The summed E-state index contributed by atoms with van der Waals surface area (Å²) in [5, 5.41) is 0. The first-order valence-electron chi connectivity index (χ1n) is 6.41. The molecule has 0 heterocycles. The molecule has 5 heteroatoms. The largest absolute Gasteiger partial charge is 0.398 e. The number of anilines is 1. The molecule has 0 spiro atoms. The van der Waals surface area contributed by atoms with E-state index >= 15 is 0 Å². The summed E-state index contributed by atoms with van der Waals surface area (Å²) in [6.07, 6.45) is 1.01. The first kappa shape index (κ1) is 16.0. The van der Waals surface area contributed by atoms with Gasteiger partial charge in [0.05, 0.1) is 6.54 Å². The Morgan fingerprint density at radius 2 is 2.05 bits per heavy atom. The van der Waals surface area contributed by atoms with Gasteiger partial charge < -0.3 is 10.6 Å². The summed E-state index contributed by atoms with van der Waals surface area (Å²) in [5.74, 6) is 0.119. The smallest absolute Gasteiger partial charge is 0.236 e. The molecule has 19 heavy (non-hydrogen) atoms. The average Bonchev–Trinajstić information content (AvgIpc) is 2.35. The van der Waals surface area contributed by atoms with Crippen LogP contribution in [0.3, 0.4) is 0 Å². The van der Waals surface area contributed by atoms with Crippen LogP contribution in [0.1, 0.15) is 18.9 Å². The maximum absolute atomic E-state index is 11.8. The molecular formula is C14H22BrN3O. The van der Waals surface area contributed by atoms with Gasteiger partial charge in [0, 0.05) is 30.8 Å². The zero-order valence-electron chi connectivity index (χ0n) is 11.8. The van der Waals surface area contributed by atoms with Crippen LogP contribution >= 0.6 is 15.9 Å². The number of halogens is 1. The van der Waals surface area contributed by atoms with Gasteiger partial charge in [-0.2, -0.15) is 0 Å². The number of nitrogens with two attached hydrogens (primary N) is 1. The second-order valence-electron chi connectivity index (χ2n) is 4.82. The van der Waals surface area contributed by atoms with E-state index in [1.165, 1.54) is 0 Å². The van der Waals surface area contributed by atoms with E-state index in [0.29, 0.717) is 6.54 Å². The monoisotopic (exact) mass is 327 g/mol. The van der Waals surface area contributed by atoms with E-state index in [2.05, 4.69) is 27.8 Å². The molecule has 2 N–H and O–H groups in total. The highest BCUT2D eigenvalue weighted by Crippen LogP contribution is 2.24. The Morgan fingerprint density at radius 1 is 1.37 bits per heavy atom. The van der Waals surface area contributed by atoms with Crippen molar-refractivity contribution in [1.29, 1.82) is 0 Å². The third-order valence-corrected chi connectivity index (χ3v) is 3.87. The molecule has 0 atom stereocenters. The minimum atomic E-state index is 0.119. The number of hydrogen-bond acceptors (Lipinski definition) is 3. The number of amides is 1. The molecule has 1 aromatic rings. The van der Waals surface area contributed by atoms with Gasteiger partial charge in [-0.1, -0.05) is 19.1 Å². The molecule has 1 aromatic carbocycles. The van der Waals surface area contributed by atoms with Gasteiger partial charge in [-0.15, -0.1) is 0 Å². The zero-order chi connectivity index (χ0) is 14.4. The fourth-order valence-electron chi connectivity index (χ4n) is 1.83. The van der Waals surface area contributed by atoms with E-state index in [-0.39, 0.29) is 5.91 Å². The highest BCUT2D eigenvalue weighted by molar-refractivity contribution is 9.10. The van der Waals surface area contributed by atoms with E-state index in [1.54, 1.807) is 19.0 Å². The molecule has 106 valence electrons. The lowest BCUT2D eigenvalue weighted by atomic mass is 10.2.